The van der Waals surface area contributed by atoms with Crippen LogP contribution in [0.5, 0.6) is 23.1 Å². The first-order valence-electron chi connectivity index (χ1n) is 9.14. The fourth-order valence-electron chi connectivity index (χ4n) is 3.67. The molecule has 1 aliphatic heterocycles. The number of fused-ring (bicyclic) bond motifs is 1. The Labute approximate surface area is 173 Å². The van der Waals surface area contributed by atoms with Gasteiger partial charge in [-0.1, -0.05) is 30.3 Å². The minimum atomic E-state index is -0.540. The van der Waals surface area contributed by atoms with E-state index in [9.17, 15) is 5.26 Å². The van der Waals surface area contributed by atoms with Gasteiger partial charge in [0.25, 0.3) is 0 Å². The predicted octanol–water partition coefficient (Wildman–Crippen LogP) is 3.32. The molecule has 1 aliphatic rings. The van der Waals surface area contributed by atoms with Crippen molar-refractivity contribution in [3.8, 4) is 40.5 Å². The second-order valence-electron chi connectivity index (χ2n) is 6.57. The van der Waals surface area contributed by atoms with Gasteiger partial charge in [0.15, 0.2) is 11.5 Å². The molecule has 0 amide bonds. The number of rotatable bonds is 5. The van der Waals surface area contributed by atoms with Crippen LogP contribution in [0.3, 0.4) is 0 Å². The van der Waals surface area contributed by atoms with Crippen LogP contribution >= 0.6 is 0 Å². The number of nitriles is 1. The van der Waals surface area contributed by atoms with Gasteiger partial charge in [-0.2, -0.15) is 5.26 Å². The highest BCUT2D eigenvalue weighted by molar-refractivity contribution is 5.71. The molecule has 0 bridgehead atoms. The average Bonchev–Trinajstić information content (AvgIpc) is 3.20. The molecule has 0 saturated carbocycles. The molecule has 1 aromatic heterocycles. The Bertz CT molecular complexity index is 1140. The zero-order valence-electron chi connectivity index (χ0n) is 16.7. The molecule has 2 heterocycles. The third-order valence-corrected chi connectivity index (χ3v) is 5.02. The van der Waals surface area contributed by atoms with E-state index in [0.29, 0.717) is 28.7 Å². The molecule has 0 unspecified atom stereocenters. The van der Waals surface area contributed by atoms with Crippen molar-refractivity contribution in [3.05, 3.63) is 65.0 Å². The molecule has 0 radical (unpaired) electrons. The minimum absolute atomic E-state index is 0.00913. The van der Waals surface area contributed by atoms with Crippen molar-refractivity contribution in [2.24, 2.45) is 5.73 Å². The number of allylic oxidation sites excluding steroid dienone is 1. The number of aromatic nitrogens is 2. The quantitative estimate of drug-likeness (QED) is 0.670. The number of nitrogens with zero attached hydrogens (tertiary/aromatic N) is 2. The lowest BCUT2D eigenvalue weighted by atomic mass is 9.82. The van der Waals surface area contributed by atoms with Crippen molar-refractivity contribution in [2.75, 3.05) is 21.3 Å². The van der Waals surface area contributed by atoms with Crippen molar-refractivity contribution in [2.45, 2.75) is 5.92 Å². The number of methoxy groups -OCH3 is 3. The van der Waals surface area contributed by atoms with Crippen molar-refractivity contribution in [3.63, 3.8) is 0 Å². The van der Waals surface area contributed by atoms with Gasteiger partial charge in [-0.25, -0.2) is 0 Å². The summed E-state index contributed by atoms with van der Waals surface area (Å²) in [5.74, 6) is 1.20. The lowest BCUT2D eigenvalue weighted by Crippen LogP contribution is -2.21. The largest absolute Gasteiger partial charge is 0.493 e. The van der Waals surface area contributed by atoms with Crippen LogP contribution in [0.2, 0.25) is 0 Å². The standard InChI is InChI=1S/C22H20N4O4/c1-27-15-9-13(10-16(28-2)20(15)29-3)17-14(11-23)21(24)30-22-18(17)19(25-26-22)12-7-5-4-6-8-12/h4-10,17H,24H2,1-3H3,(H,25,26)/t17-/m0/s1. The summed E-state index contributed by atoms with van der Waals surface area (Å²) >= 11 is 0. The number of H-pyrrole nitrogens is 1. The highest BCUT2D eigenvalue weighted by Crippen LogP contribution is 2.49. The van der Waals surface area contributed by atoms with Crippen molar-refractivity contribution in [1.82, 2.24) is 10.2 Å². The Balaban J connectivity index is 1.99. The van der Waals surface area contributed by atoms with E-state index in [1.807, 2.05) is 30.3 Å². The van der Waals surface area contributed by atoms with Gasteiger partial charge in [0.1, 0.15) is 11.6 Å². The van der Waals surface area contributed by atoms with Gasteiger partial charge in [-0.05, 0) is 23.3 Å². The molecule has 1 atom stereocenters. The van der Waals surface area contributed by atoms with Crippen LogP contribution < -0.4 is 24.7 Å². The normalized spacial score (nSPS) is 15.1. The monoisotopic (exact) mass is 404 g/mol. The third kappa shape index (κ3) is 2.97. The van der Waals surface area contributed by atoms with Crippen LogP contribution in [0, 0.1) is 11.3 Å². The van der Waals surface area contributed by atoms with Gasteiger partial charge in [0, 0.05) is 0 Å². The summed E-state index contributed by atoms with van der Waals surface area (Å²) in [4.78, 5) is 0. The van der Waals surface area contributed by atoms with E-state index < -0.39 is 5.92 Å². The molecule has 0 aliphatic carbocycles. The van der Waals surface area contributed by atoms with Gasteiger partial charge >= 0.3 is 0 Å². The third-order valence-electron chi connectivity index (χ3n) is 5.02. The number of ether oxygens (including phenoxy) is 4. The van der Waals surface area contributed by atoms with Crippen LogP contribution in [0.15, 0.2) is 53.9 Å². The van der Waals surface area contributed by atoms with Crippen LogP contribution in [-0.2, 0) is 0 Å². The molecule has 3 aromatic rings. The molecule has 4 rings (SSSR count). The Morgan fingerprint density at radius 2 is 1.73 bits per heavy atom. The molecule has 30 heavy (non-hydrogen) atoms. The Hall–Kier alpha value is -4.12. The number of hydrogen-bond acceptors (Lipinski definition) is 7. The summed E-state index contributed by atoms with van der Waals surface area (Å²) in [6.45, 7) is 0. The smallest absolute Gasteiger partial charge is 0.244 e. The molecule has 8 heteroatoms. The maximum Gasteiger partial charge on any atom is 0.244 e. The van der Waals surface area contributed by atoms with Crippen molar-refractivity contribution < 1.29 is 18.9 Å². The number of nitrogens with one attached hydrogen (secondary N) is 1. The van der Waals surface area contributed by atoms with E-state index in [2.05, 4.69) is 16.3 Å². The number of hydrogen-bond donors (Lipinski definition) is 2. The van der Waals surface area contributed by atoms with Crippen molar-refractivity contribution >= 4 is 0 Å². The van der Waals surface area contributed by atoms with Gasteiger partial charge < -0.3 is 24.7 Å². The fraction of sp³-hybridized carbons (Fsp3) is 0.182. The van der Waals surface area contributed by atoms with E-state index in [-0.39, 0.29) is 11.5 Å². The number of aromatic amines is 1. The molecule has 152 valence electrons. The van der Waals surface area contributed by atoms with Crippen molar-refractivity contribution in [1.29, 1.82) is 5.26 Å². The van der Waals surface area contributed by atoms with Crippen LogP contribution in [0.25, 0.3) is 11.3 Å². The van der Waals surface area contributed by atoms with Gasteiger partial charge in [-0.15, -0.1) is 5.10 Å². The summed E-state index contributed by atoms with van der Waals surface area (Å²) in [6, 6.07) is 15.5. The molecular formula is C22H20N4O4. The maximum absolute atomic E-state index is 9.89. The molecule has 0 spiro atoms. The SMILES string of the molecule is COc1cc([C@H]2C(C#N)=C(N)Oc3n[nH]c(-c4ccccc4)c32)cc(OC)c1OC. The summed E-state index contributed by atoms with van der Waals surface area (Å²) in [6.07, 6.45) is 0. The maximum atomic E-state index is 9.89. The lowest BCUT2D eigenvalue weighted by molar-refractivity contribution is 0.323. The molecule has 3 N–H and O–H groups in total. The molecule has 0 saturated heterocycles. The Kier molecular flexibility index (Phi) is 4.94. The zero-order valence-corrected chi connectivity index (χ0v) is 16.7. The van der Waals surface area contributed by atoms with Crippen LogP contribution in [-0.4, -0.2) is 31.5 Å². The molecule has 2 aromatic carbocycles. The van der Waals surface area contributed by atoms with E-state index >= 15 is 0 Å². The van der Waals surface area contributed by atoms with Gasteiger partial charge in [0.2, 0.25) is 17.5 Å². The van der Waals surface area contributed by atoms with E-state index in [1.54, 1.807) is 26.4 Å². The zero-order chi connectivity index (χ0) is 21.3. The Morgan fingerprint density at radius 1 is 1.07 bits per heavy atom. The first-order chi connectivity index (χ1) is 14.6. The van der Waals surface area contributed by atoms with Gasteiger partial charge in [0.05, 0.1) is 38.5 Å². The summed E-state index contributed by atoms with van der Waals surface area (Å²) < 4.78 is 22.1. The van der Waals surface area contributed by atoms with E-state index in [4.69, 9.17) is 24.7 Å². The average molecular weight is 404 g/mol. The highest BCUT2D eigenvalue weighted by atomic mass is 16.5. The first kappa shape index (κ1) is 19.2. The van der Waals surface area contributed by atoms with Crippen LogP contribution in [0.4, 0.5) is 0 Å². The highest BCUT2D eigenvalue weighted by Gasteiger charge is 2.36. The lowest BCUT2D eigenvalue weighted by Gasteiger charge is -2.25. The second-order valence-corrected chi connectivity index (χ2v) is 6.57. The second kappa shape index (κ2) is 7.72. The number of benzene rings is 2. The summed E-state index contributed by atoms with van der Waals surface area (Å²) in [5.41, 5.74) is 9.43. The minimum Gasteiger partial charge on any atom is -0.493 e. The Morgan fingerprint density at radius 3 is 2.30 bits per heavy atom. The predicted molar refractivity (Wildman–Crippen MR) is 109 cm³/mol. The molecular weight excluding hydrogens is 384 g/mol. The van der Waals surface area contributed by atoms with Crippen LogP contribution in [0.1, 0.15) is 17.0 Å². The summed E-state index contributed by atoms with van der Waals surface area (Å²) in [5, 5.41) is 17.2. The molecule has 8 nitrogen and oxygen atoms in total. The first-order valence-corrected chi connectivity index (χ1v) is 9.14. The topological polar surface area (TPSA) is 115 Å². The number of nitrogens with two attached hydrogens (primary N) is 1. The van der Waals surface area contributed by atoms with E-state index in [0.717, 1.165) is 16.8 Å². The van der Waals surface area contributed by atoms with Gasteiger partial charge in [-0.3, -0.25) is 5.10 Å². The van der Waals surface area contributed by atoms with E-state index in [1.165, 1.54) is 7.11 Å². The fourth-order valence-corrected chi connectivity index (χ4v) is 3.67. The molecule has 0 fully saturated rings. The summed E-state index contributed by atoms with van der Waals surface area (Å²) in [7, 11) is 4.62.